The van der Waals surface area contributed by atoms with Gasteiger partial charge in [0.1, 0.15) is 0 Å². The first-order valence-electron chi connectivity index (χ1n) is 4.13. The van der Waals surface area contributed by atoms with Gasteiger partial charge in [-0.3, -0.25) is 0 Å². The van der Waals surface area contributed by atoms with Crippen molar-refractivity contribution in [1.82, 2.24) is 9.97 Å². The molecule has 0 atom stereocenters. The van der Waals surface area contributed by atoms with Gasteiger partial charge in [0.25, 0.3) is 0 Å². The van der Waals surface area contributed by atoms with Crippen molar-refractivity contribution < 1.29 is 13.2 Å². The van der Waals surface area contributed by atoms with Gasteiger partial charge in [-0.05, 0) is 6.42 Å². The summed E-state index contributed by atoms with van der Waals surface area (Å²) in [5.41, 5.74) is 5.89. The topological polar surface area (TPSA) is 51.8 Å². The fourth-order valence-corrected chi connectivity index (χ4v) is 1.00. The van der Waals surface area contributed by atoms with Crippen molar-refractivity contribution in [3.05, 3.63) is 17.7 Å². The number of hydrogen-bond donors (Lipinski definition) is 1. The van der Waals surface area contributed by atoms with E-state index < -0.39 is 12.0 Å². The maximum absolute atomic E-state index is 12.2. The molecule has 0 amide bonds. The van der Waals surface area contributed by atoms with Crippen molar-refractivity contribution in [2.45, 2.75) is 25.9 Å². The third-order valence-electron chi connectivity index (χ3n) is 1.64. The molecule has 0 fully saturated rings. The first-order chi connectivity index (χ1) is 6.45. The molecule has 78 valence electrons. The summed E-state index contributed by atoms with van der Waals surface area (Å²) < 4.78 is 36.5. The summed E-state index contributed by atoms with van der Waals surface area (Å²) in [6, 6.07) is 0. The molecule has 0 unspecified atom stereocenters. The molecular weight excluding hydrogens is 195 g/mol. The van der Waals surface area contributed by atoms with Crippen LogP contribution in [-0.2, 0) is 12.6 Å². The lowest BCUT2D eigenvalue weighted by atomic mass is 10.2. The Morgan fingerprint density at radius 3 is 2.57 bits per heavy atom. The van der Waals surface area contributed by atoms with Crippen LogP contribution in [0.25, 0.3) is 0 Å². The van der Waals surface area contributed by atoms with Crippen LogP contribution in [0.1, 0.15) is 24.9 Å². The Hall–Kier alpha value is -1.33. The van der Waals surface area contributed by atoms with Crippen molar-refractivity contribution in [3.63, 3.8) is 0 Å². The Morgan fingerprint density at radius 1 is 1.43 bits per heavy atom. The molecule has 0 bridgehead atoms. The molecule has 0 aliphatic carbocycles. The van der Waals surface area contributed by atoms with E-state index in [1.54, 1.807) is 0 Å². The quantitative estimate of drug-likeness (QED) is 0.803. The van der Waals surface area contributed by atoms with E-state index in [0.29, 0.717) is 12.8 Å². The zero-order valence-electron chi connectivity index (χ0n) is 7.60. The molecule has 0 radical (unpaired) electrons. The minimum Gasteiger partial charge on any atom is -0.396 e. The van der Waals surface area contributed by atoms with E-state index in [2.05, 4.69) is 9.97 Å². The molecule has 6 heteroatoms. The van der Waals surface area contributed by atoms with Crippen LogP contribution in [0.15, 0.2) is 6.20 Å². The number of anilines is 1. The number of aromatic nitrogens is 2. The van der Waals surface area contributed by atoms with Crippen LogP contribution in [0.5, 0.6) is 0 Å². The molecule has 0 saturated carbocycles. The van der Waals surface area contributed by atoms with E-state index in [9.17, 15) is 13.2 Å². The van der Waals surface area contributed by atoms with Gasteiger partial charge < -0.3 is 5.73 Å². The zero-order valence-corrected chi connectivity index (χ0v) is 7.60. The van der Waals surface area contributed by atoms with Gasteiger partial charge in [-0.15, -0.1) is 0 Å². The van der Waals surface area contributed by atoms with Crippen LogP contribution in [-0.4, -0.2) is 9.97 Å². The lowest BCUT2D eigenvalue weighted by Crippen LogP contribution is -2.13. The van der Waals surface area contributed by atoms with Gasteiger partial charge in [-0.25, -0.2) is 9.97 Å². The van der Waals surface area contributed by atoms with Gasteiger partial charge in [-0.1, -0.05) is 13.3 Å². The van der Waals surface area contributed by atoms with Crippen LogP contribution < -0.4 is 5.73 Å². The molecule has 1 aromatic heterocycles. The average molecular weight is 205 g/mol. The largest absolute Gasteiger partial charge is 0.451 e. The number of rotatable bonds is 2. The molecule has 0 aromatic carbocycles. The van der Waals surface area contributed by atoms with E-state index in [-0.39, 0.29) is 11.4 Å². The first-order valence-corrected chi connectivity index (χ1v) is 4.13. The van der Waals surface area contributed by atoms with Crippen molar-refractivity contribution in [1.29, 1.82) is 0 Å². The smallest absolute Gasteiger partial charge is 0.396 e. The number of alkyl halides is 3. The molecule has 14 heavy (non-hydrogen) atoms. The van der Waals surface area contributed by atoms with Crippen molar-refractivity contribution in [2.24, 2.45) is 0 Å². The number of nitrogen functional groups attached to an aromatic ring is 1. The monoisotopic (exact) mass is 205 g/mol. The third-order valence-corrected chi connectivity index (χ3v) is 1.64. The summed E-state index contributed by atoms with van der Waals surface area (Å²) >= 11 is 0. The Kier molecular flexibility index (Phi) is 2.93. The molecule has 0 aliphatic heterocycles. The maximum Gasteiger partial charge on any atom is 0.451 e. The zero-order chi connectivity index (χ0) is 10.8. The average Bonchev–Trinajstić information content (AvgIpc) is 2.07. The molecule has 0 saturated heterocycles. The number of hydrogen-bond acceptors (Lipinski definition) is 3. The SMILES string of the molecule is CCCc1nc(C(F)(F)F)ncc1N. The number of aryl methyl sites for hydroxylation is 1. The van der Waals surface area contributed by atoms with E-state index >= 15 is 0 Å². The summed E-state index contributed by atoms with van der Waals surface area (Å²) in [4.78, 5) is 6.50. The van der Waals surface area contributed by atoms with Crippen molar-refractivity contribution >= 4 is 5.69 Å². The standard InChI is InChI=1S/C8H10F3N3/c1-2-3-6-5(12)4-13-7(14-6)8(9,10)11/h4H,2-3,12H2,1H3. The highest BCUT2D eigenvalue weighted by Gasteiger charge is 2.34. The molecule has 0 aliphatic rings. The van der Waals surface area contributed by atoms with Gasteiger partial charge >= 0.3 is 6.18 Å². The van der Waals surface area contributed by atoms with Gasteiger partial charge in [0.05, 0.1) is 17.6 Å². The van der Waals surface area contributed by atoms with Gasteiger partial charge in [0.2, 0.25) is 5.82 Å². The molecular formula is C8H10F3N3. The highest BCUT2D eigenvalue weighted by molar-refractivity contribution is 5.40. The minimum absolute atomic E-state index is 0.208. The summed E-state index contributed by atoms with van der Waals surface area (Å²) in [6.45, 7) is 1.84. The van der Waals surface area contributed by atoms with Crippen LogP contribution in [0, 0.1) is 0 Å². The highest BCUT2D eigenvalue weighted by atomic mass is 19.4. The van der Waals surface area contributed by atoms with Crippen LogP contribution >= 0.6 is 0 Å². The summed E-state index contributed by atoms with van der Waals surface area (Å²) in [6.07, 6.45) is -2.38. The van der Waals surface area contributed by atoms with E-state index in [0.717, 1.165) is 6.20 Å². The second kappa shape index (κ2) is 3.81. The molecule has 0 spiro atoms. The second-order valence-electron chi connectivity index (χ2n) is 2.84. The molecule has 1 heterocycles. The molecule has 3 nitrogen and oxygen atoms in total. The first kappa shape index (κ1) is 10.7. The van der Waals surface area contributed by atoms with Gasteiger partial charge in [-0.2, -0.15) is 13.2 Å². The highest BCUT2D eigenvalue weighted by Crippen LogP contribution is 2.26. The number of nitrogens with two attached hydrogens (primary N) is 1. The summed E-state index contributed by atoms with van der Waals surface area (Å²) in [7, 11) is 0. The summed E-state index contributed by atoms with van der Waals surface area (Å²) in [5.74, 6) is -1.13. The van der Waals surface area contributed by atoms with Crippen molar-refractivity contribution in [3.8, 4) is 0 Å². The Morgan fingerprint density at radius 2 is 2.07 bits per heavy atom. The van der Waals surface area contributed by atoms with Crippen LogP contribution in [0.4, 0.5) is 18.9 Å². The Labute approximate surface area is 79.2 Å². The van der Waals surface area contributed by atoms with E-state index in [1.165, 1.54) is 0 Å². The van der Waals surface area contributed by atoms with E-state index in [1.807, 2.05) is 6.92 Å². The molecule has 1 aromatic rings. The lowest BCUT2D eigenvalue weighted by molar-refractivity contribution is -0.145. The fraction of sp³-hybridized carbons (Fsp3) is 0.500. The normalized spacial score (nSPS) is 11.7. The minimum atomic E-state index is -4.50. The molecule has 2 N–H and O–H groups in total. The number of nitrogens with zero attached hydrogens (tertiary/aromatic N) is 2. The van der Waals surface area contributed by atoms with E-state index in [4.69, 9.17) is 5.73 Å². The van der Waals surface area contributed by atoms with Crippen LogP contribution in [0.2, 0.25) is 0 Å². The molecule has 1 rings (SSSR count). The van der Waals surface area contributed by atoms with Crippen molar-refractivity contribution in [2.75, 3.05) is 5.73 Å². The lowest BCUT2D eigenvalue weighted by Gasteiger charge is -2.07. The third kappa shape index (κ3) is 2.34. The number of halogens is 3. The van der Waals surface area contributed by atoms with Crippen LogP contribution in [0.3, 0.4) is 0 Å². The summed E-state index contributed by atoms with van der Waals surface area (Å²) in [5, 5.41) is 0. The predicted molar refractivity (Wildman–Crippen MR) is 45.4 cm³/mol. The predicted octanol–water partition coefficient (Wildman–Crippen LogP) is 2.03. The van der Waals surface area contributed by atoms with Gasteiger partial charge in [0, 0.05) is 0 Å². The Bertz CT molecular complexity index is 322. The maximum atomic E-state index is 12.2. The Balaban J connectivity index is 3.06. The van der Waals surface area contributed by atoms with Gasteiger partial charge in [0.15, 0.2) is 0 Å². The second-order valence-corrected chi connectivity index (χ2v) is 2.84. The fourth-order valence-electron chi connectivity index (χ4n) is 1.00.